The van der Waals surface area contributed by atoms with E-state index < -0.39 is 0 Å². The highest BCUT2D eigenvalue weighted by atomic mass is 32.1. The van der Waals surface area contributed by atoms with Gasteiger partial charge in [0.1, 0.15) is 4.99 Å². The highest BCUT2D eigenvalue weighted by Crippen LogP contribution is 2.44. The molecular weight excluding hydrogens is 208 g/mol. The third-order valence-electron chi connectivity index (χ3n) is 2.77. The van der Waals surface area contributed by atoms with Gasteiger partial charge in [-0.25, -0.2) is 0 Å². The van der Waals surface area contributed by atoms with Gasteiger partial charge < -0.3 is 11.1 Å². The topological polar surface area (TPSA) is 63.8 Å². The van der Waals surface area contributed by atoms with Crippen molar-refractivity contribution in [3.63, 3.8) is 0 Å². The molecule has 1 aliphatic rings. The lowest BCUT2D eigenvalue weighted by atomic mass is 10.1. The molecule has 0 atom stereocenters. The summed E-state index contributed by atoms with van der Waals surface area (Å²) in [7, 11) is 0. The van der Waals surface area contributed by atoms with Crippen molar-refractivity contribution in [3.8, 4) is 0 Å². The van der Waals surface area contributed by atoms with Gasteiger partial charge in [-0.3, -0.25) is 0 Å². The van der Waals surface area contributed by atoms with Gasteiger partial charge in [-0.15, -0.1) is 5.10 Å². The fourth-order valence-electron chi connectivity index (χ4n) is 1.35. The number of aromatic nitrogens is 2. The molecule has 0 aromatic carbocycles. The van der Waals surface area contributed by atoms with Crippen molar-refractivity contribution in [3.05, 3.63) is 17.8 Å². The Morgan fingerprint density at radius 2 is 2.40 bits per heavy atom. The van der Waals surface area contributed by atoms with Gasteiger partial charge in [-0.1, -0.05) is 19.1 Å². The SMILES string of the molecule is CC1(CNc2nnccc2C(N)=S)CC1. The quantitative estimate of drug-likeness (QED) is 0.752. The second-order valence-corrected chi connectivity index (χ2v) is 4.76. The molecule has 3 N–H and O–H groups in total. The third-order valence-corrected chi connectivity index (χ3v) is 2.99. The van der Waals surface area contributed by atoms with E-state index in [0.717, 1.165) is 12.1 Å². The largest absolute Gasteiger partial charge is 0.389 e. The van der Waals surface area contributed by atoms with Crippen molar-refractivity contribution in [2.45, 2.75) is 19.8 Å². The van der Waals surface area contributed by atoms with E-state index in [1.165, 1.54) is 12.8 Å². The first kappa shape index (κ1) is 10.3. The molecule has 1 fully saturated rings. The molecule has 0 unspecified atom stereocenters. The van der Waals surface area contributed by atoms with Crippen LogP contribution in [-0.2, 0) is 0 Å². The van der Waals surface area contributed by atoms with Gasteiger partial charge in [0.05, 0.1) is 11.8 Å². The maximum Gasteiger partial charge on any atom is 0.158 e. The van der Waals surface area contributed by atoms with Crippen molar-refractivity contribution in [2.24, 2.45) is 11.1 Å². The second kappa shape index (κ2) is 3.73. The Kier molecular flexibility index (Phi) is 2.56. The molecule has 0 saturated heterocycles. The number of nitrogens with one attached hydrogen (secondary N) is 1. The molecule has 0 bridgehead atoms. The van der Waals surface area contributed by atoms with E-state index >= 15 is 0 Å². The maximum atomic E-state index is 5.59. The molecule has 1 heterocycles. The first-order valence-electron chi connectivity index (χ1n) is 4.96. The summed E-state index contributed by atoms with van der Waals surface area (Å²) in [6.07, 6.45) is 4.13. The van der Waals surface area contributed by atoms with Gasteiger partial charge in [0.15, 0.2) is 5.82 Å². The fourth-order valence-corrected chi connectivity index (χ4v) is 1.51. The normalized spacial score (nSPS) is 17.1. The first-order valence-corrected chi connectivity index (χ1v) is 5.37. The Hall–Kier alpha value is -1.23. The van der Waals surface area contributed by atoms with Crippen LogP contribution in [0.2, 0.25) is 0 Å². The third kappa shape index (κ3) is 2.41. The number of hydrogen-bond acceptors (Lipinski definition) is 4. The summed E-state index contributed by atoms with van der Waals surface area (Å²) in [6.45, 7) is 3.15. The summed E-state index contributed by atoms with van der Waals surface area (Å²) in [6, 6.07) is 1.78. The van der Waals surface area contributed by atoms with Crippen LogP contribution in [0.5, 0.6) is 0 Å². The summed E-state index contributed by atoms with van der Waals surface area (Å²) < 4.78 is 0. The Morgan fingerprint density at radius 3 is 3.00 bits per heavy atom. The number of anilines is 1. The zero-order chi connectivity index (χ0) is 10.9. The first-order chi connectivity index (χ1) is 7.11. The number of thiocarbonyl (C=S) groups is 1. The van der Waals surface area contributed by atoms with Crippen molar-refractivity contribution in [2.75, 3.05) is 11.9 Å². The minimum atomic E-state index is 0.355. The predicted octanol–water partition coefficient (Wildman–Crippen LogP) is 1.32. The molecule has 1 aliphatic carbocycles. The summed E-state index contributed by atoms with van der Waals surface area (Å²) in [5.74, 6) is 0.693. The van der Waals surface area contributed by atoms with Crippen LogP contribution >= 0.6 is 12.2 Å². The maximum absolute atomic E-state index is 5.59. The lowest BCUT2D eigenvalue weighted by Gasteiger charge is -2.12. The highest BCUT2D eigenvalue weighted by Gasteiger charge is 2.37. The lowest BCUT2D eigenvalue weighted by Crippen LogP contribution is -2.18. The zero-order valence-corrected chi connectivity index (χ0v) is 9.47. The van der Waals surface area contributed by atoms with Gasteiger partial charge in [0.25, 0.3) is 0 Å². The molecule has 1 aromatic heterocycles. The van der Waals surface area contributed by atoms with Crippen LogP contribution in [0.1, 0.15) is 25.3 Å². The average molecular weight is 222 g/mol. The van der Waals surface area contributed by atoms with Crippen LogP contribution in [0.4, 0.5) is 5.82 Å². The number of nitrogens with zero attached hydrogens (tertiary/aromatic N) is 2. The zero-order valence-electron chi connectivity index (χ0n) is 8.66. The van der Waals surface area contributed by atoms with Crippen molar-refractivity contribution >= 4 is 23.0 Å². The van der Waals surface area contributed by atoms with Crippen LogP contribution < -0.4 is 11.1 Å². The van der Waals surface area contributed by atoms with Gasteiger partial charge >= 0.3 is 0 Å². The Bertz CT molecular complexity index is 387. The smallest absolute Gasteiger partial charge is 0.158 e. The van der Waals surface area contributed by atoms with Crippen LogP contribution in [0, 0.1) is 5.41 Å². The van der Waals surface area contributed by atoms with Crippen LogP contribution in [0.3, 0.4) is 0 Å². The molecular formula is C10H14N4S. The predicted molar refractivity (Wildman–Crippen MR) is 63.8 cm³/mol. The molecule has 15 heavy (non-hydrogen) atoms. The highest BCUT2D eigenvalue weighted by molar-refractivity contribution is 7.80. The van der Waals surface area contributed by atoms with E-state index in [9.17, 15) is 0 Å². The van der Waals surface area contributed by atoms with Crippen LogP contribution in [-0.4, -0.2) is 21.7 Å². The monoisotopic (exact) mass is 222 g/mol. The van der Waals surface area contributed by atoms with E-state index in [1.807, 2.05) is 0 Å². The average Bonchev–Trinajstić information content (AvgIpc) is 2.95. The minimum Gasteiger partial charge on any atom is -0.389 e. The van der Waals surface area contributed by atoms with E-state index in [-0.39, 0.29) is 0 Å². The fraction of sp³-hybridized carbons (Fsp3) is 0.500. The van der Waals surface area contributed by atoms with Crippen molar-refractivity contribution < 1.29 is 0 Å². The molecule has 1 aromatic rings. The molecule has 0 aliphatic heterocycles. The molecule has 0 radical (unpaired) electrons. The summed E-state index contributed by atoms with van der Waals surface area (Å²) >= 11 is 4.94. The number of hydrogen-bond donors (Lipinski definition) is 2. The Morgan fingerprint density at radius 1 is 1.67 bits per heavy atom. The van der Waals surface area contributed by atoms with Gasteiger partial charge in [-0.05, 0) is 24.3 Å². The van der Waals surface area contributed by atoms with E-state index in [1.54, 1.807) is 12.3 Å². The molecule has 5 heteroatoms. The molecule has 80 valence electrons. The Labute approximate surface area is 94.3 Å². The van der Waals surface area contributed by atoms with Gasteiger partial charge in [-0.2, -0.15) is 5.10 Å². The van der Waals surface area contributed by atoms with Crippen LogP contribution in [0.15, 0.2) is 12.3 Å². The van der Waals surface area contributed by atoms with E-state index in [0.29, 0.717) is 16.2 Å². The van der Waals surface area contributed by atoms with E-state index in [2.05, 4.69) is 22.4 Å². The van der Waals surface area contributed by atoms with Gasteiger partial charge in [0, 0.05) is 6.54 Å². The second-order valence-electron chi connectivity index (χ2n) is 4.32. The van der Waals surface area contributed by atoms with E-state index in [4.69, 9.17) is 18.0 Å². The summed E-state index contributed by atoms with van der Waals surface area (Å²) in [5.41, 5.74) is 6.78. The van der Waals surface area contributed by atoms with Crippen molar-refractivity contribution in [1.29, 1.82) is 0 Å². The minimum absolute atomic E-state index is 0.355. The Balaban J connectivity index is 2.09. The lowest BCUT2D eigenvalue weighted by molar-refractivity contribution is 0.608. The number of rotatable bonds is 4. The molecule has 1 saturated carbocycles. The summed E-state index contributed by atoms with van der Waals surface area (Å²) in [5, 5.41) is 11.1. The standard InChI is InChI=1S/C10H14N4S/c1-10(3-4-10)6-12-9-7(8(11)15)2-5-13-14-9/h2,5H,3-4,6H2,1H3,(H2,11,15)(H,12,14). The number of nitrogens with two attached hydrogens (primary N) is 1. The van der Waals surface area contributed by atoms with Crippen molar-refractivity contribution in [1.82, 2.24) is 10.2 Å². The van der Waals surface area contributed by atoms with Gasteiger partial charge in [0.2, 0.25) is 0 Å². The van der Waals surface area contributed by atoms with Crippen LogP contribution in [0.25, 0.3) is 0 Å². The molecule has 4 nitrogen and oxygen atoms in total. The molecule has 0 amide bonds. The summed E-state index contributed by atoms with van der Waals surface area (Å²) in [4.78, 5) is 0.355. The molecule has 0 spiro atoms. The molecule has 2 rings (SSSR count).